The van der Waals surface area contributed by atoms with Crippen LogP contribution in [0.25, 0.3) is 0 Å². The maximum atomic E-state index is 5.90. The summed E-state index contributed by atoms with van der Waals surface area (Å²) >= 11 is 1.69. The molecule has 4 heteroatoms. The molecule has 3 nitrogen and oxygen atoms in total. The molecule has 0 saturated carbocycles. The van der Waals surface area contributed by atoms with Gasteiger partial charge in [0.1, 0.15) is 12.4 Å². The molecule has 20 heavy (non-hydrogen) atoms. The Morgan fingerprint density at radius 2 is 2.15 bits per heavy atom. The highest BCUT2D eigenvalue weighted by atomic mass is 32.1. The molecule has 0 radical (unpaired) electrons. The van der Waals surface area contributed by atoms with Gasteiger partial charge in [-0.05, 0) is 53.9 Å². The van der Waals surface area contributed by atoms with Crippen LogP contribution in [-0.2, 0) is 13.2 Å². The summed E-state index contributed by atoms with van der Waals surface area (Å²) in [5.41, 5.74) is 3.21. The quantitative estimate of drug-likeness (QED) is 0.842. The van der Waals surface area contributed by atoms with Gasteiger partial charge >= 0.3 is 0 Å². The van der Waals surface area contributed by atoms with Crippen molar-refractivity contribution >= 4 is 11.3 Å². The third-order valence-electron chi connectivity index (χ3n) is 2.89. The zero-order chi connectivity index (χ0) is 14.4. The number of rotatable bonds is 7. The van der Waals surface area contributed by atoms with Gasteiger partial charge in [-0.25, -0.2) is 0 Å². The van der Waals surface area contributed by atoms with Gasteiger partial charge < -0.3 is 10.1 Å². The van der Waals surface area contributed by atoms with Crippen molar-refractivity contribution in [2.45, 2.75) is 33.9 Å². The zero-order valence-corrected chi connectivity index (χ0v) is 13.2. The summed E-state index contributed by atoms with van der Waals surface area (Å²) in [5.74, 6) is 1.51. The van der Waals surface area contributed by atoms with Crippen molar-refractivity contribution in [2.24, 2.45) is 5.92 Å². The Morgan fingerprint density at radius 3 is 2.85 bits per heavy atom. The number of pyridine rings is 1. The average molecular weight is 290 g/mol. The number of hydrogen-bond acceptors (Lipinski definition) is 4. The summed E-state index contributed by atoms with van der Waals surface area (Å²) in [7, 11) is 0. The number of nitrogens with one attached hydrogen (secondary N) is 1. The third-order valence-corrected chi connectivity index (χ3v) is 3.62. The molecule has 0 aliphatic heterocycles. The molecule has 2 heterocycles. The van der Waals surface area contributed by atoms with Crippen LogP contribution in [0.3, 0.4) is 0 Å². The van der Waals surface area contributed by atoms with Crippen LogP contribution in [0.2, 0.25) is 0 Å². The van der Waals surface area contributed by atoms with Gasteiger partial charge in [-0.3, -0.25) is 4.98 Å². The molecule has 1 N–H and O–H groups in total. The highest BCUT2D eigenvalue weighted by Crippen LogP contribution is 2.19. The van der Waals surface area contributed by atoms with Gasteiger partial charge in [-0.2, -0.15) is 11.3 Å². The Morgan fingerprint density at radius 1 is 1.30 bits per heavy atom. The molecule has 2 rings (SSSR count). The highest BCUT2D eigenvalue weighted by molar-refractivity contribution is 7.07. The Hall–Kier alpha value is -1.39. The first-order valence-electron chi connectivity index (χ1n) is 6.96. The van der Waals surface area contributed by atoms with Gasteiger partial charge in [0.2, 0.25) is 0 Å². The standard InChI is InChI=1S/C16H22N2OS/c1-12(2)8-17-9-15-16(5-4-13(3)18-15)19-10-14-6-7-20-11-14/h4-7,11-12,17H,8-10H2,1-3H3. The minimum Gasteiger partial charge on any atom is -0.487 e. The van der Waals surface area contributed by atoms with Crippen LogP contribution in [0, 0.1) is 12.8 Å². The second-order valence-electron chi connectivity index (χ2n) is 5.34. The van der Waals surface area contributed by atoms with Crippen molar-refractivity contribution in [1.82, 2.24) is 10.3 Å². The lowest BCUT2D eigenvalue weighted by molar-refractivity contribution is 0.300. The molecule has 2 aromatic rings. The van der Waals surface area contributed by atoms with Crippen LogP contribution < -0.4 is 10.1 Å². The predicted molar refractivity (Wildman–Crippen MR) is 84.2 cm³/mol. The Balaban J connectivity index is 1.99. The van der Waals surface area contributed by atoms with E-state index in [1.54, 1.807) is 11.3 Å². The summed E-state index contributed by atoms with van der Waals surface area (Å²) in [5, 5.41) is 7.60. The molecule has 108 valence electrons. The molecule has 0 atom stereocenters. The van der Waals surface area contributed by atoms with E-state index >= 15 is 0 Å². The van der Waals surface area contributed by atoms with Gasteiger partial charge in [0, 0.05) is 12.2 Å². The first-order chi connectivity index (χ1) is 9.65. The van der Waals surface area contributed by atoms with Crippen molar-refractivity contribution in [2.75, 3.05) is 6.54 Å². The monoisotopic (exact) mass is 290 g/mol. The van der Waals surface area contributed by atoms with E-state index in [-0.39, 0.29) is 0 Å². The number of hydrogen-bond donors (Lipinski definition) is 1. The summed E-state index contributed by atoms with van der Waals surface area (Å²) in [6.45, 7) is 8.74. The molecule has 0 saturated heterocycles. The Labute approximate surface area is 125 Å². The first kappa shape index (κ1) is 15.0. The zero-order valence-electron chi connectivity index (χ0n) is 12.3. The predicted octanol–water partition coefficient (Wildman–Crippen LogP) is 3.78. The van der Waals surface area contributed by atoms with E-state index in [2.05, 4.69) is 41.0 Å². The second-order valence-corrected chi connectivity index (χ2v) is 6.12. The molecule has 0 unspecified atom stereocenters. The maximum Gasteiger partial charge on any atom is 0.142 e. The minimum absolute atomic E-state index is 0.603. The largest absolute Gasteiger partial charge is 0.487 e. The lowest BCUT2D eigenvalue weighted by Gasteiger charge is -2.12. The van der Waals surface area contributed by atoms with Crippen LogP contribution in [0.1, 0.15) is 30.8 Å². The molecule has 0 spiro atoms. The minimum atomic E-state index is 0.603. The molecule has 0 aliphatic carbocycles. The van der Waals surface area contributed by atoms with E-state index in [4.69, 9.17) is 4.74 Å². The number of aromatic nitrogens is 1. The van der Waals surface area contributed by atoms with E-state index in [1.165, 1.54) is 5.56 Å². The maximum absolute atomic E-state index is 5.90. The molecular weight excluding hydrogens is 268 g/mol. The van der Waals surface area contributed by atoms with Crippen molar-refractivity contribution in [1.29, 1.82) is 0 Å². The van der Waals surface area contributed by atoms with E-state index in [0.717, 1.165) is 30.2 Å². The van der Waals surface area contributed by atoms with Gasteiger partial charge in [-0.1, -0.05) is 13.8 Å². The average Bonchev–Trinajstić information content (AvgIpc) is 2.90. The van der Waals surface area contributed by atoms with E-state index in [1.807, 2.05) is 19.1 Å². The number of nitrogens with zero attached hydrogens (tertiary/aromatic N) is 1. The Bertz CT molecular complexity index is 523. The van der Waals surface area contributed by atoms with Crippen molar-refractivity contribution in [3.05, 3.63) is 45.9 Å². The smallest absolute Gasteiger partial charge is 0.142 e. The van der Waals surface area contributed by atoms with Crippen molar-refractivity contribution in [3.8, 4) is 5.75 Å². The molecule has 0 aliphatic rings. The summed E-state index contributed by atoms with van der Waals surface area (Å²) in [6, 6.07) is 6.10. The fourth-order valence-electron chi connectivity index (χ4n) is 1.87. The third kappa shape index (κ3) is 4.62. The van der Waals surface area contributed by atoms with E-state index in [9.17, 15) is 0 Å². The fraction of sp³-hybridized carbons (Fsp3) is 0.438. The van der Waals surface area contributed by atoms with Gasteiger partial charge in [-0.15, -0.1) is 0 Å². The second kappa shape index (κ2) is 7.41. The number of thiophene rings is 1. The molecule has 2 aromatic heterocycles. The molecule has 0 bridgehead atoms. The molecule has 0 aromatic carbocycles. The number of aryl methyl sites for hydroxylation is 1. The lowest BCUT2D eigenvalue weighted by atomic mass is 10.2. The molecule has 0 fully saturated rings. The van der Waals surface area contributed by atoms with Gasteiger partial charge in [0.25, 0.3) is 0 Å². The highest BCUT2D eigenvalue weighted by Gasteiger charge is 2.07. The van der Waals surface area contributed by atoms with E-state index in [0.29, 0.717) is 12.5 Å². The van der Waals surface area contributed by atoms with E-state index < -0.39 is 0 Å². The van der Waals surface area contributed by atoms with Crippen molar-refractivity contribution < 1.29 is 4.74 Å². The molecule has 0 amide bonds. The normalized spacial score (nSPS) is 11.0. The lowest BCUT2D eigenvalue weighted by Crippen LogP contribution is -2.20. The molecular formula is C16H22N2OS. The number of ether oxygens (including phenoxy) is 1. The van der Waals surface area contributed by atoms with Crippen LogP contribution >= 0.6 is 11.3 Å². The SMILES string of the molecule is Cc1ccc(OCc2ccsc2)c(CNCC(C)C)n1. The summed E-state index contributed by atoms with van der Waals surface area (Å²) < 4.78 is 5.90. The van der Waals surface area contributed by atoms with Crippen molar-refractivity contribution in [3.63, 3.8) is 0 Å². The first-order valence-corrected chi connectivity index (χ1v) is 7.90. The summed E-state index contributed by atoms with van der Waals surface area (Å²) in [4.78, 5) is 4.59. The van der Waals surface area contributed by atoms with Crippen LogP contribution in [-0.4, -0.2) is 11.5 Å². The van der Waals surface area contributed by atoms with Crippen LogP contribution in [0.4, 0.5) is 0 Å². The van der Waals surface area contributed by atoms with Gasteiger partial charge in [0.05, 0.1) is 5.69 Å². The van der Waals surface area contributed by atoms with Crippen LogP contribution in [0.5, 0.6) is 5.75 Å². The van der Waals surface area contributed by atoms with Crippen LogP contribution in [0.15, 0.2) is 29.0 Å². The van der Waals surface area contributed by atoms with Gasteiger partial charge in [0.15, 0.2) is 0 Å². The Kier molecular flexibility index (Phi) is 5.56. The summed E-state index contributed by atoms with van der Waals surface area (Å²) in [6.07, 6.45) is 0. The fourth-order valence-corrected chi connectivity index (χ4v) is 2.52. The topological polar surface area (TPSA) is 34.1 Å².